The molecule has 2 aromatic rings. The maximum Gasteiger partial charge on any atom is 0.341 e. The third-order valence-corrected chi connectivity index (χ3v) is 6.55. The van der Waals surface area contributed by atoms with Crippen LogP contribution in [0.15, 0.2) is 17.1 Å². The van der Waals surface area contributed by atoms with E-state index in [9.17, 15) is 19.8 Å². The number of aromatic carboxylic acids is 1. The predicted octanol–water partition coefficient (Wildman–Crippen LogP) is 3.96. The first-order valence-electron chi connectivity index (χ1n) is 10.5. The lowest BCUT2D eigenvalue weighted by atomic mass is 9.79. The van der Waals surface area contributed by atoms with E-state index in [1.54, 1.807) is 6.92 Å². The molecule has 164 valence electrons. The fraction of sp³-hybridized carbons (Fsp3) is 0.565. The summed E-state index contributed by atoms with van der Waals surface area (Å²) in [5.74, 6) is -1.80. The van der Waals surface area contributed by atoms with Crippen molar-refractivity contribution in [2.45, 2.75) is 53.5 Å². The Kier molecular flexibility index (Phi) is 5.96. The average molecular weight is 419 g/mol. The van der Waals surface area contributed by atoms with E-state index in [0.29, 0.717) is 29.9 Å². The highest BCUT2D eigenvalue weighted by atomic mass is 19.1. The first kappa shape index (κ1) is 22.3. The second-order valence-electron chi connectivity index (χ2n) is 9.13. The molecule has 0 radical (unpaired) electrons. The molecule has 1 aromatic carbocycles. The van der Waals surface area contributed by atoms with Gasteiger partial charge in [-0.15, -0.1) is 0 Å². The number of aromatic nitrogens is 1. The monoisotopic (exact) mass is 418 g/mol. The van der Waals surface area contributed by atoms with E-state index < -0.39 is 17.2 Å². The van der Waals surface area contributed by atoms with Crippen LogP contribution >= 0.6 is 0 Å². The standard InChI is InChI=1S/C23H31FN2O4/c1-6-25(12-23(4,5)13(2)11-27)20-14(3)19-16(9-18(20)24)21(28)17(22(29)30)10-26(19)15-7-8-15/h9-10,13,15,27H,6-8,11-12H2,1-5H3,(H,29,30). The lowest BCUT2D eigenvalue weighted by Gasteiger charge is -2.38. The van der Waals surface area contributed by atoms with Crippen molar-refractivity contribution in [3.05, 3.63) is 39.4 Å². The van der Waals surface area contributed by atoms with Crippen LogP contribution in [-0.2, 0) is 0 Å². The largest absolute Gasteiger partial charge is 0.477 e. The van der Waals surface area contributed by atoms with Gasteiger partial charge in [-0.3, -0.25) is 4.79 Å². The van der Waals surface area contributed by atoms with Crippen LogP contribution in [0.1, 0.15) is 62.5 Å². The quantitative estimate of drug-likeness (QED) is 0.678. The number of benzene rings is 1. The number of carboxylic acids is 1. The number of aliphatic hydroxyl groups is 1. The van der Waals surface area contributed by atoms with Gasteiger partial charge >= 0.3 is 5.97 Å². The number of carboxylic acid groups (broad SMARTS) is 1. The number of nitrogens with zero attached hydrogens (tertiary/aromatic N) is 2. The van der Waals surface area contributed by atoms with Crippen molar-refractivity contribution >= 4 is 22.6 Å². The molecule has 0 aliphatic heterocycles. The van der Waals surface area contributed by atoms with Crippen molar-refractivity contribution < 1.29 is 19.4 Å². The van der Waals surface area contributed by atoms with Gasteiger partial charge in [0.05, 0.1) is 11.2 Å². The Hall–Kier alpha value is -2.41. The highest BCUT2D eigenvalue weighted by Gasteiger charge is 2.32. The Balaban J connectivity index is 2.24. The van der Waals surface area contributed by atoms with Crippen LogP contribution in [0.3, 0.4) is 0 Å². The van der Waals surface area contributed by atoms with Crippen molar-refractivity contribution in [3.8, 4) is 0 Å². The SMILES string of the molecule is CCN(CC(C)(C)C(C)CO)c1c(F)cc2c(=O)c(C(=O)O)cn(C3CC3)c2c1C. The van der Waals surface area contributed by atoms with Gasteiger partial charge < -0.3 is 19.7 Å². The second-order valence-corrected chi connectivity index (χ2v) is 9.13. The van der Waals surface area contributed by atoms with E-state index in [0.717, 1.165) is 12.8 Å². The zero-order chi connectivity index (χ0) is 22.4. The van der Waals surface area contributed by atoms with Crippen LogP contribution in [0.25, 0.3) is 10.9 Å². The van der Waals surface area contributed by atoms with Crippen molar-refractivity contribution in [2.75, 3.05) is 24.6 Å². The Morgan fingerprint density at radius 1 is 1.40 bits per heavy atom. The number of hydrogen-bond donors (Lipinski definition) is 2. The van der Waals surface area contributed by atoms with Gasteiger partial charge in [-0.05, 0) is 49.7 Å². The van der Waals surface area contributed by atoms with Gasteiger partial charge in [0.25, 0.3) is 0 Å². The van der Waals surface area contributed by atoms with E-state index in [1.165, 1.54) is 12.3 Å². The van der Waals surface area contributed by atoms with Gasteiger partial charge in [-0.25, -0.2) is 9.18 Å². The van der Waals surface area contributed by atoms with Gasteiger partial charge in [-0.2, -0.15) is 0 Å². The molecule has 30 heavy (non-hydrogen) atoms. The molecular formula is C23H31FN2O4. The van der Waals surface area contributed by atoms with Gasteiger partial charge in [-0.1, -0.05) is 20.8 Å². The maximum absolute atomic E-state index is 15.4. The molecule has 1 aliphatic carbocycles. The number of aliphatic hydroxyl groups excluding tert-OH is 1. The highest BCUT2D eigenvalue weighted by molar-refractivity contribution is 5.95. The molecule has 7 heteroatoms. The minimum Gasteiger partial charge on any atom is -0.477 e. The Morgan fingerprint density at radius 2 is 2.03 bits per heavy atom. The summed E-state index contributed by atoms with van der Waals surface area (Å²) in [4.78, 5) is 26.3. The molecule has 1 fully saturated rings. The van der Waals surface area contributed by atoms with Gasteiger partial charge in [0.2, 0.25) is 5.43 Å². The molecule has 0 spiro atoms. The van der Waals surface area contributed by atoms with E-state index in [2.05, 4.69) is 0 Å². The van der Waals surface area contributed by atoms with Crippen molar-refractivity contribution in [1.29, 1.82) is 0 Å². The van der Waals surface area contributed by atoms with Crippen LogP contribution in [0.4, 0.5) is 10.1 Å². The molecule has 6 nitrogen and oxygen atoms in total. The Morgan fingerprint density at radius 3 is 2.53 bits per heavy atom. The minimum absolute atomic E-state index is 0.0261. The molecule has 3 rings (SSSR count). The van der Waals surface area contributed by atoms with Crippen LogP contribution in [0.5, 0.6) is 0 Å². The number of aryl methyl sites for hydroxylation is 1. The molecule has 1 saturated carbocycles. The minimum atomic E-state index is -1.30. The maximum atomic E-state index is 15.4. The summed E-state index contributed by atoms with van der Waals surface area (Å²) in [5, 5.41) is 19.2. The molecular weight excluding hydrogens is 387 g/mol. The molecule has 0 amide bonds. The van der Waals surface area contributed by atoms with Gasteiger partial charge in [0, 0.05) is 37.3 Å². The van der Waals surface area contributed by atoms with E-state index >= 15 is 4.39 Å². The molecule has 1 aliphatic rings. The first-order valence-corrected chi connectivity index (χ1v) is 10.5. The third kappa shape index (κ3) is 3.83. The smallest absolute Gasteiger partial charge is 0.341 e. The normalized spacial score (nSPS) is 15.4. The topological polar surface area (TPSA) is 82.8 Å². The highest BCUT2D eigenvalue weighted by Crippen LogP contribution is 2.40. The first-order chi connectivity index (χ1) is 14.0. The molecule has 1 atom stereocenters. The van der Waals surface area contributed by atoms with E-state index in [-0.39, 0.29) is 34.9 Å². The number of halogens is 1. The van der Waals surface area contributed by atoms with Crippen LogP contribution in [0.2, 0.25) is 0 Å². The lowest BCUT2D eigenvalue weighted by Crippen LogP contribution is -2.40. The number of carbonyl (C=O) groups is 1. The Labute approximate surface area is 175 Å². The fourth-order valence-electron chi connectivity index (χ4n) is 4.09. The summed E-state index contributed by atoms with van der Waals surface area (Å²) in [7, 11) is 0. The summed E-state index contributed by atoms with van der Waals surface area (Å²) < 4.78 is 17.2. The number of anilines is 1. The summed E-state index contributed by atoms with van der Waals surface area (Å²) in [5.41, 5.74) is 0.434. The second kappa shape index (κ2) is 8.02. The zero-order valence-corrected chi connectivity index (χ0v) is 18.3. The van der Waals surface area contributed by atoms with Crippen molar-refractivity contribution in [3.63, 3.8) is 0 Å². The Bertz CT molecular complexity index is 1040. The molecule has 1 heterocycles. The van der Waals surface area contributed by atoms with E-state index in [4.69, 9.17) is 0 Å². The summed E-state index contributed by atoms with van der Waals surface area (Å²) in [6.45, 7) is 10.9. The van der Waals surface area contributed by atoms with Crippen molar-refractivity contribution in [2.24, 2.45) is 11.3 Å². The molecule has 1 aromatic heterocycles. The zero-order valence-electron chi connectivity index (χ0n) is 18.3. The number of hydrogen-bond acceptors (Lipinski definition) is 4. The summed E-state index contributed by atoms with van der Waals surface area (Å²) in [6.07, 6.45) is 3.22. The summed E-state index contributed by atoms with van der Waals surface area (Å²) in [6, 6.07) is 1.32. The third-order valence-electron chi connectivity index (χ3n) is 6.55. The van der Waals surface area contributed by atoms with Gasteiger partial charge in [0.15, 0.2) is 0 Å². The molecule has 2 N–H and O–H groups in total. The van der Waals surface area contributed by atoms with Crippen LogP contribution < -0.4 is 10.3 Å². The van der Waals surface area contributed by atoms with E-state index in [1.807, 2.05) is 37.2 Å². The predicted molar refractivity (Wildman–Crippen MR) is 116 cm³/mol. The fourth-order valence-corrected chi connectivity index (χ4v) is 4.09. The van der Waals surface area contributed by atoms with Crippen LogP contribution in [-0.4, -0.2) is 40.4 Å². The lowest BCUT2D eigenvalue weighted by molar-refractivity contribution is 0.0694. The van der Waals surface area contributed by atoms with Crippen LogP contribution in [0, 0.1) is 24.1 Å². The average Bonchev–Trinajstić information content (AvgIpc) is 3.51. The number of rotatable bonds is 8. The van der Waals surface area contributed by atoms with Gasteiger partial charge in [0.1, 0.15) is 11.4 Å². The van der Waals surface area contributed by atoms with Crippen molar-refractivity contribution in [1.82, 2.24) is 4.57 Å². The molecule has 0 saturated heterocycles. The number of fused-ring (bicyclic) bond motifs is 1. The molecule has 1 unspecified atom stereocenters. The molecule has 0 bridgehead atoms. The number of pyridine rings is 1. The summed E-state index contributed by atoms with van der Waals surface area (Å²) >= 11 is 0.